The first-order valence-electron chi connectivity index (χ1n) is 5.64. The van der Waals surface area contributed by atoms with Gasteiger partial charge in [-0.15, -0.1) is 0 Å². The van der Waals surface area contributed by atoms with E-state index in [2.05, 4.69) is 37.2 Å². The molecule has 2 atom stereocenters. The number of carboxylic acids is 1. The van der Waals surface area contributed by atoms with E-state index in [0.717, 1.165) is 21.1 Å². The van der Waals surface area contributed by atoms with Gasteiger partial charge in [-0.1, -0.05) is 6.07 Å². The van der Waals surface area contributed by atoms with E-state index < -0.39 is 12.1 Å². The van der Waals surface area contributed by atoms with Crippen LogP contribution in [0.25, 0.3) is 0 Å². The normalized spacial score (nSPS) is 23.0. The molecule has 2 rings (SSSR count). The van der Waals surface area contributed by atoms with E-state index in [1.165, 1.54) is 0 Å². The van der Waals surface area contributed by atoms with Crippen molar-refractivity contribution in [3.63, 3.8) is 0 Å². The fourth-order valence-electron chi connectivity index (χ4n) is 1.92. The van der Waals surface area contributed by atoms with Crippen molar-refractivity contribution < 1.29 is 14.6 Å². The molecule has 0 radical (unpaired) electrons. The third-order valence-electron chi connectivity index (χ3n) is 2.85. The molecular weight excluding hydrogens is 366 g/mol. The Hall–Kier alpha value is -0.590. The summed E-state index contributed by atoms with van der Waals surface area (Å²) >= 11 is 6.93. The molecule has 4 nitrogen and oxygen atoms in total. The number of halogens is 2. The van der Waals surface area contributed by atoms with Gasteiger partial charge in [-0.05, 0) is 56.8 Å². The number of hydrogen-bond donors (Lipinski definition) is 2. The summed E-state index contributed by atoms with van der Waals surface area (Å²) in [6.07, 6.45) is 0.648. The fourth-order valence-corrected chi connectivity index (χ4v) is 3.20. The molecule has 1 fully saturated rings. The number of carboxylic acid groups (broad SMARTS) is 1. The standard InChI is InChI=1S/C12H13Br2NO3/c13-8-2-1-3-9(14)11(8)15-6-7-4-5-10(18-7)12(16)17/h1-3,7,10,15H,4-6H2,(H,16,17). The first kappa shape index (κ1) is 13.8. The Morgan fingerprint density at radius 2 is 2.06 bits per heavy atom. The summed E-state index contributed by atoms with van der Waals surface area (Å²) in [4.78, 5) is 10.8. The molecule has 1 aliphatic rings. The van der Waals surface area contributed by atoms with E-state index in [1.54, 1.807) is 0 Å². The van der Waals surface area contributed by atoms with E-state index in [4.69, 9.17) is 9.84 Å². The van der Waals surface area contributed by atoms with Crippen LogP contribution in [0.2, 0.25) is 0 Å². The zero-order valence-corrected chi connectivity index (χ0v) is 12.7. The Balaban J connectivity index is 1.91. The topological polar surface area (TPSA) is 58.6 Å². The van der Waals surface area contributed by atoms with Crippen LogP contribution < -0.4 is 5.32 Å². The van der Waals surface area contributed by atoms with Gasteiger partial charge in [-0.3, -0.25) is 0 Å². The minimum atomic E-state index is -0.875. The maximum Gasteiger partial charge on any atom is 0.332 e. The summed E-state index contributed by atoms with van der Waals surface area (Å²) in [5.41, 5.74) is 0.958. The van der Waals surface area contributed by atoms with Crippen molar-refractivity contribution >= 4 is 43.5 Å². The number of nitrogens with one attached hydrogen (secondary N) is 1. The van der Waals surface area contributed by atoms with Crippen LogP contribution in [-0.2, 0) is 9.53 Å². The van der Waals surface area contributed by atoms with Crippen molar-refractivity contribution in [3.8, 4) is 0 Å². The Kier molecular flexibility index (Phi) is 4.64. The Morgan fingerprint density at radius 1 is 1.39 bits per heavy atom. The van der Waals surface area contributed by atoms with Crippen LogP contribution in [-0.4, -0.2) is 29.8 Å². The highest BCUT2D eigenvalue weighted by Crippen LogP contribution is 2.31. The zero-order valence-electron chi connectivity index (χ0n) is 9.53. The molecule has 1 heterocycles. The Morgan fingerprint density at radius 3 is 2.61 bits per heavy atom. The number of ether oxygens (including phenoxy) is 1. The maximum atomic E-state index is 10.8. The van der Waals surface area contributed by atoms with E-state index >= 15 is 0 Å². The molecule has 0 aromatic heterocycles. The molecule has 0 aliphatic carbocycles. The SMILES string of the molecule is O=C(O)C1CCC(CNc2c(Br)cccc2Br)O1. The molecule has 1 aliphatic heterocycles. The zero-order chi connectivity index (χ0) is 13.1. The summed E-state index contributed by atoms with van der Waals surface area (Å²) in [6, 6.07) is 5.83. The highest BCUT2D eigenvalue weighted by Gasteiger charge is 2.30. The minimum Gasteiger partial charge on any atom is -0.479 e. The molecule has 98 valence electrons. The van der Waals surface area contributed by atoms with Gasteiger partial charge in [0.1, 0.15) is 0 Å². The first-order valence-corrected chi connectivity index (χ1v) is 7.22. The third kappa shape index (κ3) is 3.24. The number of para-hydroxylation sites is 1. The lowest BCUT2D eigenvalue weighted by Gasteiger charge is -2.15. The molecule has 0 spiro atoms. The third-order valence-corrected chi connectivity index (χ3v) is 4.17. The second kappa shape index (κ2) is 6.04. The average Bonchev–Trinajstić information content (AvgIpc) is 2.77. The van der Waals surface area contributed by atoms with E-state index in [-0.39, 0.29) is 6.10 Å². The Bertz CT molecular complexity index is 433. The molecule has 0 bridgehead atoms. The molecule has 2 N–H and O–H groups in total. The van der Waals surface area contributed by atoms with Gasteiger partial charge in [-0.25, -0.2) is 4.79 Å². The summed E-state index contributed by atoms with van der Waals surface area (Å²) in [5.74, 6) is -0.875. The maximum absolute atomic E-state index is 10.8. The van der Waals surface area contributed by atoms with Crippen LogP contribution in [0.15, 0.2) is 27.1 Å². The summed E-state index contributed by atoms with van der Waals surface area (Å²) in [6.45, 7) is 0.602. The number of rotatable bonds is 4. The highest BCUT2D eigenvalue weighted by atomic mass is 79.9. The van der Waals surface area contributed by atoms with Gasteiger partial charge in [0, 0.05) is 15.5 Å². The van der Waals surface area contributed by atoms with Gasteiger partial charge < -0.3 is 15.2 Å². The largest absolute Gasteiger partial charge is 0.479 e. The summed E-state index contributed by atoms with van der Waals surface area (Å²) in [5, 5.41) is 12.1. The number of benzene rings is 1. The van der Waals surface area contributed by atoms with Crippen LogP contribution in [0.5, 0.6) is 0 Å². The molecule has 0 amide bonds. The lowest BCUT2D eigenvalue weighted by Crippen LogP contribution is -2.24. The van der Waals surface area contributed by atoms with Gasteiger partial charge in [-0.2, -0.15) is 0 Å². The van der Waals surface area contributed by atoms with Gasteiger partial charge in [0.05, 0.1) is 11.8 Å². The van der Waals surface area contributed by atoms with Crippen molar-refractivity contribution in [2.75, 3.05) is 11.9 Å². The molecule has 1 aromatic rings. The summed E-state index contributed by atoms with van der Waals surface area (Å²) in [7, 11) is 0. The number of anilines is 1. The van der Waals surface area contributed by atoms with Crippen LogP contribution in [0, 0.1) is 0 Å². The molecule has 0 saturated carbocycles. The van der Waals surface area contributed by atoms with Crippen molar-refractivity contribution in [2.24, 2.45) is 0 Å². The second-order valence-electron chi connectivity index (χ2n) is 4.14. The van der Waals surface area contributed by atoms with E-state index in [9.17, 15) is 4.79 Å². The van der Waals surface area contributed by atoms with Crippen LogP contribution in [0.3, 0.4) is 0 Å². The van der Waals surface area contributed by atoms with Crippen molar-refractivity contribution in [3.05, 3.63) is 27.1 Å². The number of hydrogen-bond acceptors (Lipinski definition) is 3. The number of carbonyl (C=O) groups is 1. The lowest BCUT2D eigenvalue weighted by atomic mass is 10.2. The smallest absolute Gasteiger partial charge is 0.332 e. The van der Waals surface area contributed by atoms with Crippen LogP contribution in [0.1, 0.15) is 12.8 Å². The van der Waals surface area contributed by atoms with E-state index in [1.807, 2.05) is 18.2 Å². The van der Waals surface area contributed by atoms with Gasteiger partial charge in [0.15, 0.2) is 6.10 Å². The molecule has 2 unspecified atom stereocenters. The monoisotopic (exact) mass is 377 g/mol. The predicted molar refractivity (Wildman–Crippen MR) is 75.9 cm³/mol. The quantitative estimate of drug-likeness (QED) is 0.844. The average molecular weight is 379 g/mol. The number of aliphatic carboxylic acids is 1. The van der Waals surface area contributed by atoms with Gasteiger partial charge >= 0.3 is 5.97 Å². The molecular formula is C12H13Br2NO3. The molecule has 1 aromatic carbocycles. The van der Waals surface area contributed by atoms with E-state index in [0.29, 0.717) is 13.0 Å². The highest BCUT2D eigenvalue weighted by molar-refractivity contribution is 9.11. The minimum absolute atomic E-state index is 0.0508. The second-order valence-corrected chi connectivity index (χ2v) is 5.85. The van der Waals surface area contributed by atoms with Crippen LogP contribution in [0.4, 0.5) is 5.69 Å². The van der Waals surface area contributed by atoms with Crippen LogP contribution >= 0.6 is 31.9 Å². The molecule has 1 saturated heterocycles. The van der Waals surface area contributed by atoms with Crippen molar-refractivity contribution in [2.45, 2.75) is 25.0 Å². The van der Waals surface area contributed by atoms with Gasteiger partial charge in [0.25, 0.3) is 0 Å². The van der Waals surface area contributed by atoms with Gasteiger partial charge in [0.2, 0.25) is 0 Å². The molecule has 6 heteroatoms. The van der Waals surface area contributed by atoms with Crippen molar-refractivity contribution in [1.29, 1.82) is 0 Å². The van der Waals surface area contributed by atoms with Crippen molar-refractivity contribution in [1.82, 2.24) is 0 Å². The molecule has 18 heavy (non-hydrogen) atoms. The summed E-state index contributed by atoms with van der Waals surface area (Å²) < 4.78 is 7.36. The fraction of sp³-hybridized carbons (Fsp3) is 0.417. The first-order chi connectivity index (χ1) is 8.58. The lowest BCUT2D eigenvalue weighted by molar-refractivity contribution is -0.149. The Labute approximate surface area is 122 Å². The predicted octanol–water partition coefficient (Wildman–Crippen LogP) is 3.26.